The number of amides is 1. The van der Waals surface area contributed by atoms with Crippen molar-refractivity contribution in [2.24, 2.45) is 0 Å². The average Bonchev–Trinajstić information content (AvgIpc) is 2.52. The number of nitrogens with zero attached hydrogens (tertiary/aromatic N) is 1. The van der Waals surface area contributed by atoms with Crippen LogP contribution in [0, 0.1) is 15.9 Å². The molecule has 2 aromatic carbocycles. The summed E-state index contributed by atoms with van der Waals surface area (Å²) in [6, 6.07) is 8.98. The summed E-state index contributed by atoms with van der Waals surface area (Å²) in [5.41, 5.74) is -0.696. The zero-order valence-corrected chi connectivity index (χ0v) is 13.9. The van der Waals surface area contributed by atoms with E-state index in [2.05, 4.69) is 0 Å². The van der Waals surface area contributed by atoms with Crippen molar-refractivity contribution in [3.05, 3.63) is 75.1 Å². The first-order chi connectivity index (χ1) is 11.7. The highest BCUT2D eigenvalue weighted by molar-refractivity contribution is 7.90. The van der Waals surface area contributed by atoms with Gasteiger partial charge in [0.25, 0.3) is 15.9 Å². The molecule has 1 N–H and O–H groups in total. The molecule has 0 saturated carbocycles. The van der Waals surface area contributed by atoms with Crippen LogP contribution >= 0.6 is 11.6 Å². The normalized spacial score (nSPS) is 11.4. The molecule has 0 unspecified atom stereocenters. The number of halogens is 2. The molecule has 0 aliphatic carbocycles. The number of carbonyl (C=O) groups is 1. The molecule has 1 amide bonds. The van der Waals surface area contributed by atoms with E-state index in [4.69, 9.17) is 11.6 Å². The summed E-state index contributed by atoms with van der Waals surface area (Å²) >= 11 is 5.78. The lowest BCUT2D eigenvalue weighted by Crippen LogP contribution is -2.29. The molecule has 2 rings (SSSR count). The minimum atomic E-state index is -4.63. The summed E-state index contributed by atoms with van der Waals surface area (Å²) in [7, 11) is -4.63. The van der Waals surface area contributed by atoms with Crippen LogP contribution < -0.4 is 4.72 Å². The summed E-state index contributed by atoms with van der Waals surface area (Å²) < 4.78 is 39.4. The number of rotatable bonds is 5. The summed E-state index contributed by atoms with van der Waals surface area (Å²) in [5, 5.41) is 11.3. The molecule has 2 aromatic rings. The molecule has 0 fully saturated rings. The van der Waals surface area contributed by atoms with Crippen LogP contribution in [0.25, 0.3) is 6.08 Å². The van der Waals surface area contributed by atoms with Gasteiger partial charge in [-0.25, -0.2) is 13.1 Å². The maximum absolute atomic E-state index is 13.5. The lowest BCUT2D eigenvalue weighted by Gasteiger charge is -2.06. The van der Waals surface area contributed by atoms with Gasteiger partial charge in [0.15, 0.2) is 4.90 Å². The number of nitro groups is 1. The average molecular weight is 385 g/mol. The summed E-state index contributed by atoms with van der Waals surface area (Å²) in [6.07, 6.45) is 2.21. The number of sulfonamides is 1. The predicted octanol–water partition coefficient (Wildman–Crippen LogP) is 2.91. The van der Waals surface area contributed by atoms with Crippen molar-refractivity contribution in [3.8, 4) is 0 Å². The number of carbonyl (C=O) groups excluding carboxylic acids is 1. The van der Waals surface area contributed by atoms with E-state index in [1.165, 1.54) is 12.1 Å². The molecule has 0 aliphatic heterocycles. The van der Waals surface area contributed by atoms with Crippen LogP contribution in [0.4, 0.5) is 10.1 Å². The van der Waals surface area contributed by atoms with Crippen molar-refractivity contribution in [1.29, 1.82) is 0 Å². The Morgan fingerprint density at radius 3 is 2.56 bits per heavy atom. The van der Waals surface area contributed by atoms with Crippen molar-refractivity contribution in [2.45, 2.75) is 4.90 Å². The van der Waals surface area contributed by atoms with Crippen LogP contribution in [-0.4, -0.2) is 19.2 Å². The van der Waals surface area contributed by atoms with Crippen LogP contribution in [0.2, 0.25) is 5.02 Å². The van der Waals surface area contributed by atoms with E-state index in [-0.39, 0.29) is 0 Å². The second-order valence-corrected chi connectivity index (χ2v) is 6.79. The Kier molecular flexibility index (Phi) is 5.50. The molecule has 7 nitrogen and oxygen atoms in total. The topological polar surface area (TPSA) is 106 Å². The fraction of sp³-hybridized carbons (Fsp3) is 0. The molecular weight excluding hydrogens is 375 g/mol. The fourth-order valence-electron chi connectivity index (χ4n) is 1.89. The van der Waals surface area contributed by atoms with Gasteiger partial charge in [-0.3, -0.25) is 14.9 Å². The third-order valence-corrected chi connectivity index (χ3v) is 4.55. The molecule has 0 aliphatic rings. The number of nitrogens with one attached hydrogen (secondary N) is 1. The number of nitro benzene ring substituents is 1. The Hall–Kier alpha value is -2.78. The third-order valence-electron chi connectivity index (χ3n) is 2.93. The van der Waals surface area contributed by atoms with Crippen LogP contribution in [-0.2, 0) is 14.8 Å². The molecule has 0 atom stereocenters. The fourth-order valence-corrected chi connectivity index (χ4v) is 3.22. The first-order valence-corrected chi connectivity index (χ1v) is 8.50. The van der Waals surface area contributed by atoms with Gasteiger partial charge in [-0.05, 0) is 35.9 Å². The van der Waals surface area contributed by atoms with Gasteiger partial charge >= 0.3 is 5.69 Å². The molecule has 0 heterocycles. The number of hydrogen-bond acceptors (Lipinski definition) is 5. The molecule has 10 heteroatoms. The molecule has 25 heavy (non-hydrogen) atoms. The molecule has 0 spiro atoms. The molecule has 130 valence electrons. The van der Waals surface area contributed by atoms with Gasteiger partial charge in [0.05, 0.1) is 4.92 Å². The monoisotopic (exact) mass is 384 g/mol. The van der Waals surface area contributed by atoms with Crippen molar-refractivity contribution >= 4 is 39.3 Å². The van der Waals surface area contributed by atoms with Crippen molar-refractivity contribution < 1.29 is 22.5 Å². The van der Waals surface area contributed by atoms with E-state index in [0.717, 1.165) is 24.3 Å². The molecule has 0 radical (unpaired) electrons. The number of benzene rings is 2. The molecular formula is C15H10ClFN2O5S. The van der Waals surface area contributed by atoms with E-state index >= 15 is 0 Å². The second kappa shape index (κ2) is 7.41. The highest BCUT2D eigenvalue weighted by Crippen LogP contribution is 2.26. The van der Waals surface area contributed by atoms with Crippen LogP contribution in [0.1, 0.15) is 5.56 Å². The number of para-hydroxylation sites is 1. The molecule has 0 bridgehead atoms. The van der Waals surface area contributed by atoms with Gasteiger partial charge in [0.2, 0.25) is 5.82 Å². The van der Waals surface area contributed by atoms with Crippen LogP contribution in [0.15, 0.2) is 53.4 Å². The zero-order chi connectivity index (χ0) is 18.6. The maximum atomic E-state index is 13.5. The van der Waals surface area contributed by atoms with E-state index in [1.807, 2.05) is 0 Å². The first-order valence-electron chi connectivity index (χ1n) is 6.64. The zero-order valence-electron chi connectivity index (χ0n) is 12.3. The predicted molar refractivity (Wildman–Crippen MR) is 88.9 cm³/mol. The van der Waals surface area contributed by atoms with Crippen molar-refractivity contribution in [1.82, 2.24) is 4.72 Å². The Labute approximate surface area is 146 Å². The summed E-state index contributed by atoms with van der Waals surface area (Å²) in [4.78, 5) is 20.5. The minimum Gasteiger partial charge on any atom is -0.269 e. The van der Waals surface area contributed by atoms with Gasteiger partial charge < -0.3 is 0 Å². The lowest BCUT2D eigenvalue weighted by atomic mass is 10.2. The Morgan fingerprint density at radius 1 is 1.24 bits per heavy atom. The SMILES string of the molecule is O=C(C=Cc1cccc(Cl)c1)NS(=O)(=O)c1cccc(F)c1[N+](=O)[O-]. The lowest BCUT2D eigenvalue weighted by molar-refractivity contribution is -0.390. The van der Waals surface area contributed by atoms with Gasteiger partial charge in [0, 0.05) is 11.1 Å². The van der Waals surface area contributed by atoms with Crippen molar-refractivity contribution in [3.63, 3.8) is 0 Å². The quantitative estimate of drug-likeness (QED) is 0.484. The van der Waals surface area contributed by atoms with Gasteiger partial charge in [-0.15, -0.1) is 0 Å². The van der Waals surface area contributed by atoms with E-state index in [9.17, 15) is 27.7 Å². The summed E-state index contributed by atoms with van der Waals surface area (Å²) in [5.74, 6) is -2.38. The van der Waals surface area contributed by atoms with Crippen molar-refractivity contribution in [2.75, 3.05) is 0 Å². The molecule has 0 saturated heterocycles. The van der Waals surface area contributed by atoms with Crippen LogP contribution in [0.5, 0.6) is 0 Å². The number of hydrogen-bond donors (Lipinski definition) is 1. The van der Waals surface area contributed by atoms with Gasteiger partial charge in [-0.2, -0.15) is 4.39 Å². The Morgan fingerprint density at radius 2 is 1.92 bits per heavy atom. The third kappa shape index (κ3) is 4.61. The van der Waals surface area contributed by atoms with E-state index in [0.29, 0.717) is 10.6 Å². The highest BCUT2D eigenvalue weighted by Gasteiger charge is 2.30. The van der Waals surface area contributed by atoms with Gasteiger partial charge in [-0.1, -0.05) is 29.8 Å². The van der Waals surface area contributed by atoms with Gasteiger partial charge in [0.1, 0.15) is 0 Å². The second-order valence-electron chi connectivity index (χ2n) is 4.70. The Balaban J connectivity index is 2.26. The smallest absolute Gasteiger partial charge is 0.269 e. The maximum Gasteiger partial charge on any atom is 0.325 e. The highest BCUT2D eigenvalue weighted by atomic mass is 35.5. The minimum absolute atomic E-state index is 0.422. The van der Waals surface area contributed by atoms with Crippen LogP contribution in [0.3, 0.4) is 0 Å². The largest absolute Gasteiger partial charge is 0.325 e. The standard InChI is InChI=1S/C15H10ClFN2O5S/c16-11-4-1-3-10(9-11)7-8-14(20)18-25(23,24)13-6-2-5-12(17)15(13)19(21)22/h1-9H,(H,18,20). The van der Waals surface area contributed by atoms with E-state index < -0.39 is 37.3 Å². The molecule has 0 aromatic heterocycles. The van der Waals surface area contributed by atoms with E-state index in [1.54, 1.807) is 22.9 Å². The Bertz CT molecular complexity index is 976. The summed E-state index contributed by atoms with van der Waals surface area (Å²) in [6.45, 7) is 0. The first kappa shape index (κ1) is 18.6.